The molecule has 1 aliphatic heterocycles. The highest BCUT2D eigenvalue weighted by Gasteiger charge is 2.32. The predicted molar refractivity (Wildman–Crippen MR) is 75.9 cm³/mol. The van der Waals surface area contributed by atoms with E-state index in [-0.39, 0.29) is 0 Å². The van der Waals surface area contributed by atoms with Crippen LogP contribution in [0, 0.1) is 6.92 Å². The van der Waals surface area contributed by atoms with Gasteiger partial charge in [0.1, 0.15) is 0 Å². The Hall–Kier alpha value is -0.860. The third-order valence-electron chi connectivity index (χ3n) is 4.37. The van der Waals surface area contributed by atoms with Crippen LogP contribution in [0.2, 0.25) is 0 Å². The molecule has 1 N–H and O–H groups in total. The molecule has 0 bridgehead atoms. The van der Waals surface area contributed by atoms with Gasteiger partial charge in [-0.2, -0.15) is 0 Å². The van der Waals surface area contributed by atoms with Crippen LogP contribution >= 0.6 is 0 Å². The van der Waals surface area contributed by atoms with Crippen LogP contribution in [0.5, 0.6) is 0 Å². The van der Waals surface area contributed by atoms with Gasteiger partial charge in [0.2, 0.25) is 0 Å². The van der Waals surface area contributed by atoms with Gasteiger partial charge < -0.3 is 5.32 Å². The first kappa shape index (κ1) is 12.2. The summed E-state index contributed by atoms with van der Waals surface area (Å²) < 4.78 is 0. The van der Waals surface area contributed by atoms with Gasteiger partial charge in [0.25, 0.3) is 0 Å². The van der Waals surface area contributed by atoms with Crippen molar-refractivity contribution < 1.29 is 0 Å². The molecule has 1 heterocycles. The van der Waals surface area contributed by atoms with Crippen molar-refractivity contribution in [2.45, 2.75) is 51.7 Å². The maximum atomic E-state index is 3.63. The first-order valence-corrected chi connectivity index (χ1v) is 7.23. The van der Waals surface area contributed by atoms with E-state index in [9.17, 15) is 0 Å². The number of nitrogens with one attached hydrogen (secondary N) is 1. The van der Waals surface area contributed by atoms with Gasteiger partial charge in [0, 0.05) is 31.2 Å². The zero-order valence-corrected chi connectivity index (χ0v) is 11.7. The summed E-state index contributed by atoms with van der Waals surface area (Å²) in [6.07, 6.45) is 2.56. The Morgan fingerprint density at radius 2 is 1.89 bits per heavy atom. The van der Waals surface area contributed by atoms with E-state index in [0.717, 1.165) is 0 Å². The molecule has 2 heteroatoms. The molecular formula is C16H24N2. The van der Waals surface area contributed by atoms with Crippen molar-refractivity contribution in [1.82, 2.24) is 10.2 Å². The second kappa shape index (κ2) is 4.67. The number of nitrogens with zero attached hydrogens (tertiary/aromatic N) is 1. The Kier molecular flexibility index (Phi) is 3.16. The predicted octanol–water partition coefficient (Wildman–Crippen LogP) is 2.66. The smallest absolute Gasteiger partial charge is 0.0355 e. The van der Waals surface area contributed by atoms with Gasteiger partial charge in [-0.05, 0) is 44.7 Å². The van der Waals surface area contributed by atoms with Crippen molar-refractivity contribution in [1.29, 1.82) is 0 Å². The molecule has 18 heavy (non-hydrogen) atoms. The zero-order chi connectivity index (χ0) is 12.7. The number of piperazine rings is 1. The van der Waals surface area contributed by atoms with Crippen molar-refractivity contribution in [2.75, 3.05) is 13.1 Å². The lowest BCUT2D eigenvalue weighted by Gasteiger charge is -2.40. The Morgan fingerprint density at radius 3 is 2.61 bits per heavy atom. The van der Waals surface area contributed by atoms with Crippen LogP contribution in [0.4, 0.5) is 0 Å². The molecule has 3 unspecified atom stereocenters. The van der Waals surface area contributed by atoms with E-state index in [1.807, 2.05) is 0 Å². The van der Waals surface area contributed by atoms with Crippen molar-refractivity contribution >= 4 is 0 Å². The van der Waals surface area contributed by atoms with Crippen LogP contribution in [0.3, 0.4) is 0 Å². The van der Waals surface area contributed by atoms with Crippen LogP contribution < -0.4 is 5.32 Å². The second-order valence-electron chi connectivity index (χ2n) is 6.18. The Bertz CT molecular complexity index is 431. The Morgan fingerprint density at radius 1 is 1.17 bits per heavy atom. The topological polar surface area (TPSA) is 15.3 Å². The van der Waals surface area contributed by atoms with Gasteiger partial charge in [-0.1, -0.05) is 23.8 Å². The van der Waals surface area contributed by atoms with E-state index < -0.39 is 0 Å². The van der Waals surface area contributed by atoms with Crippen molar-refractivity contribution in [3.63, 3.8) is 0 Å². The summed E-state index contributed by atoms with van der Waals surface area (Å²) in [5.74, 6) is 0. The summed E-state index contributed by atoms with van der Waals surface area (Å²) in [6, 6.07) is 8.88. The molecule has 1 saturated heterocycles. The summed E-state index contributed by atoms with van der Waals surface area (Å²) in [7, 11) is 0. The standard InChI is InChI=1S/C16H24N2/c1-11-4-5-14-6-7-16(15(14)8-11)18-9-12(2)17-13(3)10-18/h4-5,8,12-13,16-17H,6-7,9-10H2,1-3H3. The van der Waals surface area contributed by atoms with E-state index in [1.54, 1.807) is 11.1 Å². The maximum Gasteiger partial charge on any atom is 0.0355 e. The SMILES string of the molecule is Cc1ccc2c(c1)C(N1CC(C)NC(C)C1)CC2. The highest BCUT2D eigenvalue weighted by atomic mass is 15.2. The summed E-state index contributed by atoms with van der Waals surface area (Å²) in [5, 5.41) is 3.63. The molecule has 2 nitrogen and oxygen atoms in total. The summed E-state index contributed by atoms with van der Waals surface area (Å²) in [4.78, 5) is 2.69. The largest absolute Gasteiger partial charge is 0.309 e. The van der Waals surface area contributed by atoms with Crippen LogP contribution in [-0.2, 0) is 6.42 Å². The average molecular weight is 244 g/mol. The number of benzene rings is 1. The first-order valence-electron chi connectivity index (χ1n) is 7.23. The van der Waals surface area contributed by atoms with Crippen molar-refractivity contribution in [3.8, 4) is 0 Å². The van der Waals surface area contributed by atoms with Gasteiger partial charge >= 0.3 is 0 Å². The first-order chi connectivity index (χ1) is 8.63. The van der Waals surface area contributed by atoms with Gasteiger partial charge in [-0.15, -0.1) is 0 Å². The lowest BCUT2D eigenvalue weighted by atomic mass is 10.0. The van der Waals surface area contributed by atoms with Gasteiger partial charge in [0.15, 0.2) is 0 Å². The fraction of sp³-hybridized carbons (Fsp3) is 0.625. The molecule has 3 rings (SSSR count). The fourth-order valence-corrected chi connectivity index (χ4v) is 3.70. The monoisotopic (exact) mass is 244 g/mol. The molecule has 1 aromatic carbocycles. The lowest BCUT2D eigenvalue weighted by molar-refractivity contribution is 0.122. The molecule has 0 saturated carbocycles. The zero-order valence-electron chi connectivity index (χ0n) is 11.7. The minimum Gasteiger partial charge on any atom is -0.309 e. The Labute approximate surface area is 110 Å². The van der Waals surface area contributed by atoms with E-state index in [2.05, 4.69) is 49.2 Å². The molecule has 98 valence electrons. The highest BCUT2D eigenvalue weighted by molar-refractivity contribution is 5.37. The van der Waals surface area contributed by atoms with E-state index in [1.165, 1.54) is 31.5 Å². The van der Waals surface area contributed by atoms with Gasteiger partial charge in [-0.3, -0.25) is 4.90 Å². The van der Waals surface area contributed by atoms with E-state index in [0.29, 0.717) is 18.1 Å². The number of rotatable bonds is 1. The molecule has 1 fully saturated rings. The molecule has 1 aliphatic carbocycles. The molecular weight excluding hydrogens is 220 g/mol. The number of hydrogen-bond acceptors (Lipinski definition) is 2. The van der Waals surface area contributed by atoms with E-state index >= 15 is 0 Å². The van der Waals surface area contributed by atoms with Crippen LogP contribution in [-0.4, -0.2) is 30.1 Å². The third-order valence-corrected chi connectivity index (χ3v) is 4.37. The molecule has 0 spiro atoms. The number of hydrogen-bond donors (Lipinski definition) is 1. The lowest BCUT2D eigenvalue weighted by Crippen LogP contribution is -2.54. The number of fused-ring (bicyclic) bond motifs is 1. The summed E-state index contributed by atoms with van der Waals surface area (Å²) >= 11 is 0. The summed E-state index contributed by atoms with van der Waals surface area (Å²) in [5.41, 5.74) is 4.57. The van der Waals surface area contributed by atoms with Crippen LogP contribution in [0.15, 0.2) is 18.2 Å². The van der Waals surface area contributed by atoms with E-state index in [4.69, 9.17) is 0 Å². The molecule has 3 atom stereocenters. The number of aryl methyl sites for hydroxylation is 2. The van der Waals surface area contributed by atoms with Crippen molar-refractivity contribution in [3.05, 3.63) is 34.9 Å². The fourth-order valence-electron chi connectivity index (χ4n) is 3.70. The molecule has 0 amide bonds. The minimum atomic E-state index is 0.614. The molecule has 0 aromatic heterocycles. The highest BCUT2D eigenvalue weighted by Crippen LogP contribution is 2.37. The molecule has 0 radical (unpaired) electrons. The average Bonchev–Trinajstić information content (AvgIpc) is 2.70. The minimum absolute atomic E-state index is 0.614. The van der Waals surface area contributed by atoms with Crippen molar-refractivity contribution in [2.24, 2.45) is 0 Å². The quantitative estimate of drug-likeness (QED) is 0.817. The second-order valence-corrected chi connectivity index (χ2v) is 6.18. The van der Waals surface area contributed by atoms with Crippen LogP contribution in [0.25, 0.3) is 0 Å². The molecule has 1 aromatic rings. The van der Waals surface area contributed by atoms with Gasteiger partial charge in [-0.25, -0.2) is 0 Å². The van der Waals surface area contributed by atoms with Crippen LogP contribution in [0.1, 0.15) is 43.0 Å². The third kappa shape index (κ3) is 2.19. The van der Waals surface area contributed by atoms with Gasteiger partial charge in [0.05, 0.1) is 0 Å². The Balaban J connectivity index is 1.85. The maximum absolute atomic E-state index is 3.63. The summed E-state index contributed by atoms with van der Waals surface area (Å²) in [6.45, 7) is 9.17. The molecule has 2 aliphatic rings. The normalized spacial score (nSPS) is 32.5.